The minimum atomic E-state index is -4.94. The Bertz CT molecular complexity index is 771. The summed E-state index contributed by atoms with van der Waals surface area (Å²) in [5.41, 5.74) is -3.00. The van der Waals surface area contributed by atoms with Gasteiger partial charge >= 0.3 is 18.1 Å². The van der Waals surface area contributed by atoms with Crippen LogP contribution in [0.5, 0.6) is 0 Å². The molecule has 0 saturated heterocycles. The molecule has 0 N–H and O–H groups in total. The predicted octanol–water partition coefficient (Wildman–Crippen LogP) is 3.22. The molecule has 0 spiro atoms. The summed E-state index contributed by atoms with van der Waals surface area (Å²) in [7, 11) is 1.01. The summed E-state index contributed by atoms with van der Waals surface area (Å²) in [6, 6.07) is 5.68. The SMILES string of the molecule is CCOC(=O)c1c(C(F)(F)F)nc2ccccc2c1C(=O)OC. The third-order valence-electron chi connectivity index (χ3n) is 3.03. The fraction of sp³-hybridized carbons (Fsp3) is 0.267. The van der Waals surface area contributed by atoms with Crippen LogP contribution < -0.4 is 0 Å². The number of aromatic nitrogens is 1. The number of hydrogen-bond acceptors (Lipinski definition) is 5. The number of ether oxygens (including phenoxy) is 2. The molecule has 0 saturated carbocycles. The van der Waals surface area contributed by atoms with Crippen molar-refractivity contribution < 1.29 is 32.2 Å². The highest BCUT2D eigenvalue weighted by Crippen LogP contribution is 2.35. The summed E-state index contributed by atoms with van der Waals surface area (Å²) < 4.78 is 49.1. The molecule has 1 aromatic carbocycles. The summed E-state index contributed by atoms with van der Waals surface area (Å²) in [5.74, 6) is -2.35. The second kappa shape index (κ2) is 6.23. The van der Waals surface area contributed by atoms with Crippen molar-refractivity contribution in [3.8, 4) is 0 Å². The van der Waals surface area contributed by atoms with Crippen LogP contribution in [0, 0.1) is 0 Å². The van der Waals surface area contributed by atoms with Crippen molar-refractivity contribution in [3.05, 3.63) is 41.1 Å². The highest BCUT2D eigenvalue weighted by molar-refractivity contribution is 6.12. The lowest BCUT2D eigenvalue weighted by Gasteiger charge is -2.16. The van der Waals surface area contributed by atoms with Gasteiger partial charge in [0.2, 0.25) is 0 Å². The molecule has 0 amide bonds. The molecule has 0 aliphatic carbocycles. The minimum Gasteiger partial charge on any atom is -0.465 e. The van der Waals surface area contributed by atoms with Gasteiger partial charge in [-0.1, -0.05) is 18.2 Å². The Morgan fingerprint density at radius 2 is 1.78 bits per heavy atom. The molecule has 0 fully saturated rings. The van der Waals surface area contributed by atoms with Crippen LogP contribution >= 0.6 is 0 Å². The van der Waals surface area contributed by atoms with Gasteiger partial charge in [0, 0.05) is 5.39 Å². The maximum atomic E-state index is 13.3. The fourth-order valence-corrected chi connectivity index (χ4v) is 2.13. The van der Waals surface area contributed by atoms with E-state index in [9.17, 15) is 22.8 Å². The van der Waals surface area contributed by atoms with E-state index in [1.807, 2.05) is 0 Å². The Kier molecular flexibility index (Phi) is 4.53. The molecule has 0 atom stereocenters. The van der Waals surface area contributed by atoms with E-state index in [1.54, 1.807) is 0 Å². The zero-order valence-electron chi connectivity index (χ0n) is 12.2. The molecular weight excluding hydrogens is 315 g/mol. The van der Waals surface area contributed by atoms with Crippen molar-refractivity contribution in [2.24, 2.45) is 0 Å². The topological polar surface area (TPSA) is 65.5 Å². The van der Waals surface area contributed by atoms with Gasteiger partial charge in [-0.15, -0.1) is 0 Å². The number of hydrogen-bond donors (Lipinski definition) is 0. The predicted molar refractivity (Wildman–Crippen MR) is 74.0 cm³/mol. The van der Waals surface area contributed by atoms with E-state index >= 15 is 0 Å². The molecule has 23 heavy (non-hydrogen) atoms. The number of carbonyl (C=O) groups excluding carboxylic acids is 2. The molecule has 1 heterocycles. The van der Waals surface area contributed by atoms with Crippen molar-refractivity contribution in [1.82, 2.24) is 4.98 Å². The van der Waals surface area contributed by atoms with Crippen LogP contribution in [0.15, 0.2) is 24.3 Å². The van der Waals surface area contributed by atoms with E-state index in [2.05, 4.69) is 14.5 Å². The van der Waals surface area contributed by atoms with Crippen molar-refractivity contribution in [2.45, 2.75) is 13.1 Å². The van der Waals surface area contributed by atoms with Gasteiger partial charge in [-0.05, 0) is 13.0 Å². The third kappa shape index (κ3) is 3.10. The minimum absolute atomic E-state index is 0.0757. The van der Waals surface area contributed by atoms with Gasteiger partial charge in [-0.2, -0.15) is 13.2 Å². The van der Waals surface area contributed by atoms with E-state index in [1.165, 1.54) is 31.2 Å². The number of nitrogens with zero attached hydrogens (tertiary/aromatic N) is 1. The second-order valence-corrected chi connectivity index (χ2v) is 4.44. The molecule has 0 aliphatic rings. The highest BCUT2D eigenvalue weighted by atomic mass is 19.4. The van der Waals surface area contributed by atoms with Crippen LogP contribution in [-0.2, 0) is 15.7 Å². The van der Waals surface area contributed by atoms with Crippen LogP contribution in [0.4, 0.5) is 13.2 Å². The molecule has 122 valence electrons. The van der Waals surface area contributed by atoms with Crippen molar-refractivity contribution in [3.63, 3.8) is 0 Å². The number of carbonyl (C=O) groups is 2. The second-order valence-electron chi connectivity index (χ2n) is 4.44. The first-order valence-electron chi connectivity index (χ1n) is 6.56. The number of fused-ring (bicyclic) bond motifs is 1. The third-order valence-corrected chi connectivity index (χ3v) is 3.03. The number of pyridine rings is 1. The average molecular weight is 327 g/mol. The Labute approximate surface area is 129 Å². The quantitative estimate of drug-likeness (QED) is 0.810. The molecule has 2 aromatic rings. The average Bonchev–Trinajstić information content (AvgIpc) is 2.51. The Morgan fingerprint density at radius 1 is 1.13 bits per heavy atom. The molecule has 2 rings (SSSR count). The monoisotopic (exact) mass is 327 g/mol. The van der Waals surface area contributed by atoms with Crippen LogP contribution in [0.25, 0.3) is 10.9 Å². The Balaban J connectivity index is 2.95. The molecule has 1 aromatic heterocycles. The lowest BCUT2D eigenvalue weighted by molar-refractivity contribution is -0.141. The Hall–Kier alpha value is -2.64. The van der Waals surface area contributed by atoms with Crippen LogP contribution in [0.2, 0.25) is 0 Å². The van der Waals surface area contributed by atoms with Gasteiger partial charge < -0.3 is 9.47 Å². The molecule has 0 bridgehead atoms. The zero-order chi connectivity index (χ0) is 17.2. The summed E-state index contributed by atoms with van der Waals surface area (Å²) in [5, 5.41) is 0.0791. The highest BCUT2D eigenvalue weighted by Gasteiger charge is 2.41. The van der Waals surface area contributed by atoms with Gasteiger partial charge in [0.1, 0.15) is 5.56 Å². The smallest absolute Gasteiger partial charge is 0.434 e. The van der Waals surface area contributed by atoms with Gasteiger partial charge in [0.05, 0.1) is 24.8 Å². The maximum Gasteiger partial charge on any atom is 0.434 e. The van der Waals surface area contributed by atoms with Crippen molar-refractivity contribution in [1.29, 1.82) is 0 Å². The number of esters is 2. The van der Waals surface area contributed by atoms with Crippen LogP contribution in [0.1, 0.15) is 33.3 Å². The summed E-state index contributed by atoms with van der Waals surface area (Å²) in [4.78, 5) is 27.5. The molecule has 8 heteroatoms. The van der Waals surface area contributed by atoms with Gasteiger partial charge in [0.15, 0.2) is 5.69 Å². The number of para-hydroxylation sites is 1. The lowest BCUT2D eigenvalue weighted by atomic mass is 10.00. The summed E-state index contributed by atoms with van der Waals surface area (Å²) in [6.45, 7) is 1.29. The Morgan fingerprint density at radius 3 is 2.35 bits per heavy atom. The number of methoxy groups -OCH3 is 1. The lowest BCUT2D eigenvalue weighted by Crippen LogP contribution is -2.22. The van der Waals surface area contributed by atoms with Gasteiger partial charge in [0.25, 0.3) is 0 Å². The van der Waals surface area contributed by atoms with Crippen LogP contribution in [-0.4, -0.2) is 30.6 Å². The van der Waals surface area contributed by atoms with E-state index < -0.39 is 34.9 Å². The largest absolute Gasteiger partial charge is 0.465 e. The standard InChI is InChI=1S/C15H12F3NO4/c1-3-23-14(21)11-10(13(20)22-2)8-6-4-5-7-9(8)19-12(11)15(16,17)18/h4-7H,3H2,1-2H3. The number of alkyl halides is 3. The van der Waals surface area contributed by atoms with Gasteiger partial charge in [-0.3, -0.25) is 0 Å². The van der Waals surface area contributed by atoms with E-state index in [0.29, 0.717) is 0 Å². The van der Waals surface area contributed by atoms with Crippen molar-refractivity contribution >= 4 is 22.8 Å². The molecule has 0 radical (unpaired) electrons. The van der Waals surface area contributed by atoms with E-state index in [4.69, 9.17) is 0 Å². The molecule has 0 aliphatic heterocycles. The van der Waals surface area contributed by atoms with Crippen molar-refractivity contribution in [2.75, 3.05) is 13.7 Å². The van der Waals surface area contributed by atoms with Crippen LogP contribution in [0.3, 0.4) is 0 Å². The molecular formula is C15H12F3NO4. The number of benzene rings is 1. The van der Waals surface area contributed by atoms with Gasteiger partial charge in [-0.25, -0.2) is 14.6 Å². The number of halogens is 3. The fourth-order valence-electron chi connectivity index (χ4n) is 2.13. The van der Waals surface area contributed by atoms with E-state index in [0.717, 1.165) is 7.11 Å². The molecule has 5 nitrogen and oxygen atoms in total. The maximum absolute atomic E-state index is 13.3. The first-order chi connectivity index (χ1) is 10.8. The summed E-state index contributed by atoms with van der Waals surface area (Å²) in [6.07, 6.45) is -4.94. The van der Waals surface area contributed by atoms with E-state index in [-0.39, 0.29) is 17.5 Å². The summed E-state index contributed by atoms with van der Waals surface area (Å²) >= 11 is 0. The first kappa shape index (κ1) is 16.7. The zero-order valence-corrected chi connectivity index (χ0v) is 12.2. The molecule has 0 unspecified atom stereocenters. The normalized spacial score (nSPS) is 11.3. The first-order valence-corrected chi connectivity index (χ1v) is 6.56. The number of rotatable bonds is 3.